The van der Waals surface area contributed by atoms with Gasteiger partial charge in [0.1, 0.15) is 30.5 Å². The van der Waals surface area contributed by atoms with Crippen LogP contribution in [0.3, 0.4) is 0 Å². The summed E-state index contributed by atoms with van der Waals surface area (Å²) in [4.78, 5) is 12.6. The van der Waals surface area contributed by atoms with Crippen LogP contribution in [0.4, 0.5) is 0 Å². The van der Waals surface area contributed by atoms with Crippen LogP contribution in [0.5, 0.6) is 0 Å². The summed E-state index contributed by atoms with van der Waals surface area (Å²) >= 11 is 0. The zero-order chi connectivity index (χ0) is 41.1. The molecule has 1 aliphatic rings. The van der Waals surface area contributed by atoms with Gasteiger partial charge in [-0.2, -0.15) is 8.42 Å². The van der Waals surface area contributed by atoms with E-state index >= 15 is 0 Å². The molecule has 0 saturated carbocycles. The number of aliphatic hydroxyl groups excluding tert-OH is 3. The summed E-state index contributed by atoms with van der Waals surface area (Å²) in [5.74, 6) is -0.412. The van der Waals surface area contributed by atoms with Crippen molar-refractivity contribution in [2.24, 2.45) is 0 Å². The minimum Gasteiger partial charge on any atom is -0.457 e. The predicted octanol–water partition coefficient (Wildman–Crippen LogP) is 8.85. The number of allylic oxidation sites excluding steroid dienone is 4. The van der Waals surface area contributed by atoms with Crippen LogP contribution in [0.25, 0.3) is 0 Å². The summed E-state index contributed by atoms with van der Waals surface area (Å²) in [5.41, 5.74) is 0. The first-order valence-corrected chi connectivity index (χ1v) is 23.5. The normalized spacial score (nSPS) is 21.0. The van der Waals surface area contributed by atoms with Crippen molar-refractivity contribution in [1.29, 1.82) is 0 Å². The molecule has 4 N–H and O–H groups in total. The lowest BCUT2D eigenvalue weighted by molar-refractivity contribution is -0.301. The third-order valence-electron chi connectivity index (χ3n) is 10.1. The van der Waals surface area contributed by atoms with Crippen molar-refractivity contribution in [2.75, 3.05) is 26.4 Å². The Labute approximate surface area is 340 Å². The molecule has 1 fully saturated rings. The molecule has 6 unspecified atom stereocenters. The van der Waals surface area contributed by atoms with Crippen LogP contribution in [-0.4, -0.2) is 97.5 Å². The highest BCUT2D eigenvalue weighted by Crippen LogP contribution is 2.26. The molecule has 0 aliphatic carbocycles. The number of aliphatic hydroxyl groups is 3. The highest BCUT2D eigenvalue weighted by Gasteiger charge is 2.48. The predicted molar refractivity (Wildman–Crippen MR) is 221 cm³/mol. The van der Waals surface area contributed by atoms with Gasteiger partial charge in [-0.05, 0) is 44.9 Å². The zero-order valence-electron chi connectivity index (χ0n) is 34.9. The molecule has 0 aromatic rings. The first kappa shape index (κ1) is 52.6. The Morgan fingerprint density at radius 3 is 1.70 bits per heavy atom. The Hall–Kier alpha value is -1.42. The average molecular weight is 821 g/mol. The maximum atomic E-state index is 12.6. The Balaban J connectivity index is 2.23. The third-order valence-corrected chi connectivity index (χ3v) is 10.5. The van der Waals surface area contributed by atoms with Gasteiger partial charge in [0.05, 0.1) is 19.8 Å². The van der Waals surface area contributed by atoms with E-state index in [0.717, 1.165) is 51.4 Å². The molecule has 1 saturated heterocycles. The molecule has 0 bridgehead atoms. The quantitative estimate of drug-likeness (QED) is 0.0202. The number of unbranched alkanes of at least 4 members (excludes halogenated alkanes) is 21. The SMILES string of the molecule is CCCCCCC/C=C\C/C=C\CCCCCCCCCCCCCCOCC(COC1OC(CO)C(O)C(OS(=O)(=O)O)C1O)OC(=O)CCCCCCC. The third kappa shape index (κ3) is 28.9. The van der Waals surface area contributed by atoms with Crippen molar-refractivity contribution in [3.8, 4) is 0 Å². The van der Waals surface area contributed by atoms with Crippen LogP contribution in [0.15, 0.2) is 24.3 Å². The van der Waals surface area contributed by atoms with Gasteiger partial charge in [0.2, 0.25) is 0 Å². The Bertz CT molecular complexity index is 1080. The smallest absolute Gasteiger partial charge is 0.397 e. The van der Waals surface area contributed by atoms with Gasteiger partial charge in [0.15, 0.2) is 6.29 Å². The highest BCUT2D eigenvalue weighted by molar-refractivity contribution is 7.80. The maximum Gasteiger partial charge on any atom is 0.397 e. The molecule has 56 heavy (non-hydrogen) atoms. The van der Waals surface area contributed by atoms with Crippen molar-refractivity contribution < 1.29 is 56.2 Å². The number of hydrogen-bond acceptors (Lipinski definition) is 11. The fraction of sp³-hybridized carbons (Fsp3) is 0.884. The van der Waals surface area contributed by atoms with E-state index in [1.54, 1.807) is 0 Å². The number of esters is 1. The molecule has 1 rings (SSSR count). The van der Waals surface area contributed by atoms with Gasteiger partial charge in [-0.25, -0.2) is 4.18 Å². The summed E-state index contributed by atoms with van der Waals surface area (Å²) in [6.07, 6.45) is 30.0. The van der Waals surface area contributed by atoms with Gasteiger partial charge in [-0.15, -0.1) is 0 Å². The highest BCUT2D eigenvalue weighted by atomic mass is 32.3. The largest absolute Gasteiger partial charge is 0.457 e. The lowest BCUT2D eigenvalue weighted by Crippen LogP contribution is -2.60. The number of carbonyl (C=O) groups is 1. The average Bonchev–Trinajstić information content (AvgIpc) is 3.16. The summed E-state index contributed by atoms with van der Waals surface area (Å²) < 4.78 is 58.6. The number of carbonyl (C=O) groups excluding carboxylic acids is 1. The van der Waals surface area contributed by atoms with Crippen LogP contribution in [-0.2, 0) is 38.3 Å². The van der Waals surface area contributed by atoms with Gasteiger partial charge < -0.3 is 34.3 Å². The van der Waals surface area contributed by atoms with Crippen LogP contribution >= 0.6 is 0 Å². The molecule has 0 radical (unpaired) electrons. The van der Waals surface area contributed by atoms with Crippen molar-refractivity contribution in [1.82, 2.24) is 0 Å². The molecule has 0 aromatic carbocycles. The maximum absolute atomic E-state index is 12.6. The van der Waals surface area contributed by atoms with E-state index < -0.39 is 59.8 Å². The second-order valence-electron chi connectivity index (χ2n) is 15.3. The fourth-order valence-electron chi connectivity index (χ4n) is 6.70. The van der Waals surface area contributed by atoms with Gasteiger partial charge >= 0.3 is 16.4 Å². The minimum absolute atomic E-state index is 0.0368. The van der Waals surface area contributed by atoms with Crippen molar-refractivity contribution >= 4 is 16.4 Å². The zero-order valence-corrected chi connectivity index (χ0v) is 35.8. The molecule has 0 spiro atoms. The van der Waals surface area contributed by atoms with E-state index in [-0.39, 0.29) is 19.6 Å². The molecule has 330 valence electrons. The van der Waals surface area contributed by atoms with Crippen molar-refractivity contribution in [2.45, 2.75) is 218 Å². The first-order chi connectivity index (χ1) is 27.1. The standard InChI is InChI=1S/C43H80O12S/c1-3-5-7-9-10-11-12-13-14-15-16-17-18-19-20-21-22-23-24-25-26-27-29-31-33-51-35-37(53-39(45)32-30-28-8-6-4-2)36-52-43-41(47)42(55-56(48,49)50)40(46)38(34-44)54-43/h12-13,15-16,37-38,40-44,46-47H,3-11,14,17-36H2,1-2H3,(H,48,49,50)/b13-12-,16-15-. The van der Waals surface area contributed by atoms with Crippen LogP contribution in [0.2, 0.25) is 0 Å². The second-order valence-corrected chi connectivity index (χ2v) is 16.3. The van der Waals surface area contributed by atoms with Gasteiger partial charge in [0.25, 0.3) is 0 Å². The van der Waals surface area contributed by atoms with Crippen molar-refractivity contribution in [3.63, 3.8) is 0 Å². The molecule has 1 heterocycles. The molecule has 12 nitrogen and oxygen atoms in total. The van der Waals surface area contributed by atoms with Crippen molar-refractivity contribution in [3.05, 3.63) is 24.3 Å². The Morgan fingerprint density at radius 1 is 0.679 bits per heavy atom. The lowest BCUT2D eigenvalue weighted by atomic mass is 9.99. The summed E-state index contributed by atoms with van der Waals surface area (Å²) in [6.45, 7) is 3.88. The van der Waals surface area contributed by atoms with Crippen LogP contribution in [0.1, 0.15) is 181 Å². The number of rotatable bonds is 38. The van der Waals surface area contributed by atoms with E-state index in [1.807, 2.05) is 0 Å². The van der Waals surface area contributed by atoms with Gasteiger partial charge in [0, 0.05) is 13.0 Å². The summed E-state index contributed by atoms with van der Waals surface area (Å²) in [6, 6.07) is 0. The van der Waals surface area contributed by atoms with E-state index in [0.29, 0.717) is 13.0 Å². The number of hydrogen-bond donors (Lipinski definition) is 4. The molecular weight excluding hydrogens is 741 g/mol. The summed E-state index contributed by atoms with van der Waals surface area (Å²) in [7, 11) is -5.05. The minimum atomic E-state index is -5.05. The monoisotopic (exact) mass is 821 g/mol. The Morgan fingerprint density at radius 2 is 1.18 bits per heavy atom. The molecule has 1 aliphatic heterocycles. The molecule has 13 heteroatoms. The van der Waals surface area contributed by atoms with E-state index in [9.17, 15) is 28.5 Å². The van der Waals surface area contributed by atoms with Gasteiger partial charge in [-0.1, -0.05) is 154 Å². The first-order valence-electron chi connectivity index (χ1n) is 22.1. The molecular formula is C43H80O12S. The fourth-order valence-corrected chi connectivity index (χ4v) is 7.21. The van der Waals surface area contributed by atoms with E-state index in [2.05, 4.69) is 42.3 Å². The Kier molecular flexibility index (Phi) is 33.4. The van der Waals surface area contributed by atoms with Crippen LogP contribution < -0.4 is 0 Å². The van der Waals surface area contributed by atoms with E-state index in [4.69, 9.17) is 23.5 Å². The number of ether oxygens (including phenoxy) is 4. The molecule has 0 amide bonds. The van der Waals surface area contributed by atoms with Gasteiger partial charge in [-0.3, -0.25) is 9.35 Å². The summed E-state index contributed by atoms with van der Waals surface area (Å²) in [5, 5.41) is 30.5. The molecule has 0 aromatic heterocycles. The molecule has 6 atom stereocenters. The lowest BCUT2D eigenvalue weighted by Gasteiger charge is -2.41. The second kappa shape index (κ2) is 35.5. The van der Waals surface area contributed by atoms with E-state index in [1.165, 1.54) is 103 Å². The van der Waals surface area contributed by atoms with Crippen LogP contribution in [0, 0.1) is 0 Å². The topological polar surface area (TPSA) is 178 Å².